The Morgan fingerprint density at radius 1 is 1.09 bits per heavy atom. The monoisotopic (exact) mass is 508 g/mol. The van der Waals surface area contributed by atoms with Crippen LogP contribution in [0.2, 0.25) is 0 Å². The molecule has 0 unspecified atom stereocenters. The van der Waals surface area contributed by atoms with Crippen molar-refractivity contribution in [3.05, 3.63) is 35.9 Å². The maximum Gasteiger partial charge on any atom is 0.338 e. The van der Waals surface area contributed by atoms with Gasteiger partial charge in [-0.15, -0.1) is 0 Å². The summed E-state index contributed by atoms with van der Waals surface area (Å²) in [5.41, 5.74) is -0.789. The van der Waals surface area contributed by atoms with E-state index in [1.54, 1.807) is 30.3 Å². The SMILES string of the molecule is O=C(OCCCCC/C(=N\OS(=O)(=O)[O-])S[C@@H]1O[C@H](CO)[C@@H](O)[C@H](O)[C@H]1O)c1ccccc1. The minimum Gasteiger partial charge on any atom is -0.714 e. The quantitative estimate of drug-likeness (QED) is 0.0582. The maximum atomic E-state index is 11.9. The minimum absolute atomic E-state index is 0.0277. The van der Waals surface area contributed by atoms with Crippen LogP contribution in [0.15, 0.2) is 35.5 Å². The lowest BCUT2D eigenvalue weighted by Gasteiger charge is -2.39. The lowest BCUT2D eigenvalue weighted by atomic mass is 10.0. The topological polar surface area (TPSA) is 195 Å². The molecule has 14 heteroatoms. The zero-order valence-corrected chi connectivity index (χ0v) is 19.1. The van der Waals surface area contributed by atoms with Gasteiger partial charge in [-0.25, -0.2) is 4.79 Å². The summed E-state index contributed by atoms with van der Waals surface area (Å²) < 4.78 is 46.7. The third-order valence-corrected chi connectivity index (χ3v) is 6.04. The van der Waals surface area contributed by atoms with Crippen LogP contribution in [0.1, 0.15) is 36.0 Å². The van der Waals surface area contributed by atoms with E-state index in [2.05, 4.69) is 9.44 Å². The zero-order valence-electron chi connectivity index (χ0n) is 17.4. The van der Waals surface area contributed by atoms with Gasteiger partial charge in [0, 0.05) is 0 Å². The highest BCUT2D eigenvalue weighted by molar-refractivity contribution is 8.14. The summed E-state index contributed by atoms with van der Waals surface area (Å²) in [4.78, 5) is 11.9. The second kappa shape index (κ2) is 13.2. The third kappa shape index (κ3) is 9.17. The molecule has 12 nitrogen and oxygen atoms in total. The molecule has 186 valence electrons. The Balaban J connectivity index is 1.86. The molecule has 0 amide bonds. The second-order valence-corrected chi connectivity index (χ2v) is 9.23. The number of aliphatic hydroxyl groups is 4. The number of carbonyl (C=O) groups is 1. The van der Waals surface area contributed by atoms with Gasteiger partial charge in [-0.1, -0.05) is 35.1 Å². The number of hydrogen-bond acceptors (Lipinski definition) is 13. The molecule has 1 aliphatic heterocycles. The van der Waals surface area contributed by atoms with E-state index in [4.69, 9.17) is 9.47 Å². The van der Waals surface area contributed by atoms with Crippen molar-refractivity contribution >= 4 is 33.2 Å². The first-order valence-corrected chi connectivity index (χ1v) is 12.2. The first kappa shape index (κ1) is 27.5. The van der Waals surface area contributed by atoms with Crippen molar-refractivity contribution in [3.8, 4) is 0 Å². The van der Waals surface area contributed by atoms with Crippen molar-refractivity contribution in [2.24, 2.45) is 5.16 Å². The number of esters is 1. The fourth-order valence-corrected chi connectivity index (χ4v) is 4.23. The number of unbranched alkanes of at least 4 members (excludes halogenated alkanes) is 2. The van der Waals surface area contributed by atoms with Crippen LogP contribution in [0.25, 0.3) is 0 Å². The molecule has 4 N–H and O–H groups in total. The number of ether oxygens (including phenoxy) is 2. The normalized spacial score (nSPS) is 26.1. The Kier molecular flexibility index (Phi) is 11.0. The van der Waals surface area contributed by atoms with Gasteiger partial charge in [-0.05, 0) is 37.8 Å². The van der Waals surface area contributed by atoms with E-state index in [1.807, 2.05) is 0 Å². The highest BCUT2D eigenvalue weighted by Crippen LogP contribution is 2.30. The minimum atomic E-state index is -5.12. The number of aliphatic hydroxyl groups excluding tert-OH is 4. The van der Waals surface area contributed by atoms with Crippen molar-refractivity contribution in [2.45, 2.75) is 55.5 Å². The molecule has 0 aromatic heterocycles. The van der Waals surface area contributed by atoms with Gasteiger partial charge >= 0.3 is 5.97 Å². The predicted molar refractivity (Wildman–Crippen MR) is 115 cm³/mol. The van der Waals surface area contributed by atoms with Crippen molar-refractivity contribution in [1.82, 2.24) is 0 Å². The first-order valence-electron chi connectivity index (χ1n) is 10.0. The Labute approximate surface area is 195 Å². The van der Waals surface area contributed by atoms with Gasteiger partial charge < -0.3 is 34.5 Å². The number of oxime groups is 1. The van der Waals surface area contributed by atoms with Gasteiger partial charge in [0.05, 0.1) is 18.8 Å². The van der Waals surface area contributed by atoms with Crippen LogP contribution in [0.4, 0.5) is 0 Å². The molecule has 1 fully saturated rings. The number of carbonyl (C=O) groups excluding carboxylic acids is 1. The molecule has 1 heterocycles. The number of nitrogens with zero attached hydrogens (tertiary/aromatic N) is 1. The van der Waals surface area contributed by atoms with Crippen molar-refractivity contribution in [3.63, 3.8) is 0 Å². The van der Waals surface area contributed by atoms with Crippen LogP contribution >= 0.6 is 11.8 Å². The Morgan fingerprint density at radius 2 is 1.79 bits per heavy atom. The molecular weight excluding hydrogens is 482 g/mol. The van der Waals surface area contributed by atoms with Crippen LogP contribution in [0, 0.1) is 0 Å². The number of hydrogen-bond donors (Lipinski definition) is 4. The summed E-state index contributed by atoms with van der Waals surface area (Å²) >= 11 is 0.687. The van der Waals surface area contributed by atoms with Gasteiger partial charge in [0.15, 0.2) is 0 Å². The lowest BCUT2D eigenvalue weighted by Crippen LogP contribution is -2.57. The van der Waals surface area contributed by atoms with Crippen LogP contribution in [-0.4, -0.2) is 87.5 Å². The van der Waals surface area contributed by atoms with E-state index >= 15 is 0 Å². The largest absolute Gasteiger partial charge is 0.714 e. The van der Waals surface area contributed by atoms with Gasteiger partial charge in [-0.2, -0.15) is 8.42 Å². The molecule has 0 bridgehead atoms. The molecule has 0 spiro atoms. The average Bonchev–Trinajstić information content (AvgIpc) is 2.79. The Bertz CT molecular complexity index is 879. The van der Waals surface area contributed by atoms with Crippen molar-refractivity contribution in [1.29, 1.82) is 0 Å². The Morgan fingerprint density at radius 3 is 2.42 bits per heavy atom. The van der Waals surface area contributed by atoms with E-state index in [9.17, 15) is 38.2 Å². The molecule has 1 aromatic rings. The molecule has 2 rings (SSSR count). The standard InChI is InChI=1S/C19H27NO11S2/c21-11-13-15(22)16(23)17(24)19(30-13)32-14(20-31-33(26,27)28)9-5-2-6-10-29-18(25)12-7-3-1-4-8-12/h1,3-4,7-8,13,15-17,19,21-24H,2,5-6,9-11H2,(H,26,27,28)/p-1/b20-14+/t13-,15-,16+,17-,19+/m1/s1. The molecule has 0 saturated carbocycles. The van der Waals surface area contributed by atoms with Gasteiger partial charge in [0.1, 0.15) is 34.9 Å². The molecule has 1 saturated heterocycles. The first-order chi connectivity index (χ1) is 15.6. The summed E-state index contributed by atoms with van der Waals surface area (Å²) in [7, 11) is -5.12. The van der Waals surface area contributed by atoms with Gasteiger partial charge in [0.2, 0.25) is 0 Å². The molecule has 0 radical (unpaired) electrons. The predicted octanol–water partition coefficient (Wildman–Crippen LogP) is -0.273. The van der Waals surface area contributed by atoms with Crippen LogP contribution in [0.5, 0.6) is 0 Å². The van der Waals surface area contributed by atoms with E-state index in [0.717, 1.165) is 0 Å². The van der Waals surface area contributed by atoms with Crippen molar-refractivity contribution < 1.29 is 51.9 Å². The molecular formula is C19H26NO11S2-. The second-order valence-electron chi connectivity index (χ2n) is 7.10. The molecule has 1 aliphatic rings. The highest BCUT2D eigenvalue weighted by Gasteiger charge is 2.44. The van der Waals surface area contributed by atoms with Crippen molar-refractivity contribution in [2.75, 3.05) is 13.2 Å². The molecule has 33 heavy (non-hydrogen) atoms. The number of rotatable bonds is 11. The van der Waals surface area contributed by atoms with Crippen LogP contribution in [-0.2, 0) is 24.2 Å². The van der Waals surface area contributed by atoms with Crippen LogP contribution < -0.4 is 0 Å². The zero-order chi connectivity index (χ0) is 24.4. The summed E-state index contributed by atoms with van der Waals surface area (Å²) in [6, 6.07) is 8.47. The average molecular weight is 509 g/mol. The van der Waals surface area contributed by atoms with E-state index in [1.165, 1.54) is 0 Å². The molecule has 1 aromatic carbocycles. The smallest absolute Gasteiger partial charge is 0.338 e. The number of thioether (sulfide) groups is 1. The van der Waals surface area contributed by atoms with Gasteiger partial charge in [0.25, 0.3) is 10.4 Å². The van der Waals surface area contributed by atoms with E-state index in [-0.39, 0.29) is 18.1 Å². The highest BCUT2D eigenvalue weighted by atomic mass is 32.3. The fraction of sp³-hybridized carbons (Fsp3) is 0.579. The summed E-state index contributed by atoms with van der Waals surface area (Å²) in [5, 5.41) is 42.4. The third-order valence-electron chi connectivity index (χ3n) is 4.61. The van der Waals surface area contributed by atoms with E-state index in [0.29, 0.717) is 36.6 Å². The van der Waals surface area contributed by atoms with Gasteiger partial charge in [-0.3, -0.25) is 4.28 Å². The van der Waals surface area contributed by atoms with Crippen LogP contribution in [0.3, 0.4) is 0 Å². The maximum absolute atomic E-state index is 11.9. The molecule has 5 atom stereocenters. The fourth-order valence-electron chi connectivity index (χ4n) is 2.89. The lowest BCUT2D eigenvalue weighted by molar-refractivity contribution is -0.205. The summed E-state index contributed by atoms with van der Waals surface area (Å²) in [6.07, 6.45) is -4.35. The number of benzene rings is 1. The van der Waals surface area contributed by atoms with E-state index < -0.39 is 52.8 Å². The summed E-state index contributed by atoms with van der Waals surface area (Å²) in [6.45, 7) is -0.479. The summed E-state index contributed by atoms with van der Waals surface area (Å²) in [5.74, 6) is -0.454. The Hall–Kier alpha value is -1.78. The molecule has 0 aliphatic carbocycles.